The van der Waals surface area contributed by atoms with Gasteiger partial charge in [0.15, 0.2) is 0 Å². The summed E-state index contributed by atoms with van der Waals surface area (Å²) in [6.45, 7) is 2.08. The molecule has 3 nitrogen and oxygen atoms in total. The topological polar surface area (TPSA) is 43.8 Å². The number of imidazole rings is 1. The number of hydrogen-bond acceptors (Lipinski definition) is 2. The number of aryl methyl sites for hydroxylation is 2. The zero-order valence-electron chi connectivity index (χ0n) is 10.1. The van der Waals surface area contributed by atoms with Gasteiger partial charge in [0.2, 0.25) is 0 Å². The Balaban J connectivity index is 2.05. The summed E-state index contributed by atoms with van der Waals surface area (Å²) in [5.41, 5.74) is 9.26. The number of nitrogens with two attached hydrogens (primary N) is 1. The Bertz CT molecular complexity index is 525. The van der Waals surface area contributed by atoms with Crippen LogP contribution in [0.25, 0.3) is 0 Å². The van der Waals surface area contributed by atoms with Gasteiger partial charge in [-0.2, -0.15) is 0 Å². The standard InChI is InChI=1S/C14H17N3/c1-10-16-9-13-3-2-4-14(17(10)13)11-5-7-12(15)8-6-11/h5-9,14H,2-4,15H2,1H3/t14-/m0/s1. The largest absolute Gasteiger partial charge is 0.399 e. The number of aromatic nitrogens is 2. The first-order chi connectivity index (χ1) is 8.25. The summed E-state index contributed by atoms with van der Waals surface area (Å²) in [7, 11) is 0. The smallest absolute Gasteiger partial charge is 0.106 e. The minimum absolute atomic E-state index is 0.432. The molecule has 0 saturated heterocycles. The van der Waals surface area contributed by atoms with Gasteiger partial charge in [0.25, 0.3) is 0 Å². The van der Waals surface area contributed by atoms with Crippen LogP contribution in [0.15, 0.2) is 30.5 Å². The van der Waals surface area contributed by atoms with Gasteiger partial charge in [0, 0.05) is 17.6 Å². The Hall–Kier alpha value is -1.77. The fourth-order valence-corrected chi connectivity index (χ4v) is 2.75. The lowest BCUT2D eigenvalue weighted by Crippen LogP contribution is -2.19. The van der Waals surface area contributed by atoms with Crippen molar-refractivity contribution in [1.82, 2.24) is 9.55 Å². The third kappa shape index (κ3) is 1.71. The van der Waals surface area contributed by atoms with Crippen molar-refractivity contribution in [2.24, 2.45) is 0 Å². The molecule has 3 rings (SSSR count). The molecule has 0 saturated carbocycles. The predicted octanol–water partition coefficient (Wildman–Crippen LogP) is 2.70. The molecule has 88 valence electrons. The van der Waals surface area contributed by atoms with Gasteiger partial charge in [0.1, 0.15) is 5.82 Å². The van der Waals surface area contributed by atoms with Crippen molar-refractivity contribution in [3.63, 3.8) is 0 Å². The van der Waals surface area contributed by atoms with Crippen LogP contribution in [0.4, 0.5) is 5.69 Å². The molecule has 1 aliphatic rings. The molecule has 2 heterocycles. The van der Waals surface area contributed by atoms with E-state index in [9.17, 15) is 0 Å². The number of anilines is 1. The maximum absolute atomic E-state index is 5.74. The Morgan fingerprint density at radius 1 is 1.29 bits per heavy atom. The van der Waals surface area contributed by atoms with Crippen molar-refractivity contribution < 1.29 is 0 Å². The highest BCUT2D eigenvalue weighted by Crippen LogP contribution is 2.32. The summed E-state index contributed by atoms with van der Waals surface area (Å²) in [6, 6.07) is 8.66. The van der Waals surface area contributed by atoms with E-state index in [0.29, 0.717) is 6.04 Å². The van der Waals surface area contributed by atoms with Crippen LogP contribution in [0, 0.1) is 6.92 Å². The molecule has 17 heavy (non-hydrogen) atoms. The number of nitrogen functional groups attached to an aromatic ring is 1. The van der Waals surface area contributed by atoms with Crippen LogP contribution in [0.1, 0.15) is 36.0 Å². The molecule has 0 radical (unpaired) electrons. The molecular formula is C14H17N3. The third-order valence-corrected chi connectivity index (χ3v) is 3.60. The van der Waals surface area contributed by atoms with Crippen LogP contribution in [0.5, 0.6) is 0 Å². The van der Waals surface area contributed by atoms with Crippen molar-refractivity contribution in [3.05, 3.63) is 47.5 Å². The second-order valence-electron chi connectivity index (χ2n) is 4.74. The highest BCUT2D eigenvalue weighted by atomic mass is 15.1. The van der Waals surface area contributed by atoms with Gasteiger partial charge in [-0.25, -0.2) is 4.98 Å². The monoisotopic (exact) mass is 227 g/mol. The molecule has 1 aliphatic heterocycles. The number of rotatable bonds is 1. The van der Waals surface area contributed by atoms with Gasteiger partial charge in [-0.15, -0.1) is 0 Å². The summed E-state index contributed by atoms with van der Waals surface area (Å²) >= 11 is 0. The Morgan fingerprint density at radius 3 is 2.82 bits per heavy atom. The molecule has 1 aromatic carbocycles. The average Bonchev–Trinajstić information content (AvgIpc) is 2.73. The van der Waals surface area contributed by atoms with Crippen LogP contribution in [0.2, 0.25) is 0 Å². The maximum atomic E-state index is 5.74. The minimum Gasteiger partial charge on any atom is -0.399 e. The molecule has 0 aliphatic carbocycles. The number of fused-ring (bicyclic) bond motifs is 1. The number of nitrogens with zero attached hydrogens (tertiary/aromatic N) is 2. The zero-order valence-corrected chi connectivity index (χ0v) is 10.1. The van der Waals surface area contributed by atoms with Crippen molar-refractivity contribution >= 4 is 5.69 Å². The van der Waals surface area contributed by atoms with Crippen molar-refractivity contribution in [2.75, 3.05) is 5.73 Å². The normalized spacial score (nSPS) is 19.0. The van der Waals surface area contributed by atoms with E-state index in [1.165, 1.54) is 24.1 Å². The molecule has 0 spiro atoms. The van der Waals surface area contributed by atoms with Crippen LogP contribution < -0.4 is 5.73 Å². The molecular weight excluding hydrogens is 210 g/mol. The average molecular weight is 227 g/mol. The first-order valence-corrected chi connectivity index (χ1v) is 6.14. The lowest BCUT2D eigenvalue weighted by molar-refractivity contribution is 0.449. The second-order valence-corrected chi connectivity index (χ2v) is 4.74. The third-order valence-electron chi connectivity index (χ3n) is 3.60. The highest BCUT2D eigenvalue weighted by Gasteiger charge is 2.22. The van der Waals surface area contributed by atoms with Crippen LogP contribution in [-0.4, -0.2) is 9.55 Å². The van der Waals surface area contributed by atoms with E-state index in [-0.39, 0.29) is 0 Å². The van der Waals surface area contributed by atoms with E-state index in [1.54, 1.807) is 0 Å². The quantitative estimate of drug-likeness (QED) is 0.761. The first-order valence-electron chi connectivity index (χ1n) is 6.14. The van der Waals surface area contributed by atoms with Crippen LogP contribution >= 0.6 is 0 Å². The van der Waals surface area contributed by atoms with Gasteiger partial charge in [0.05, 0.1) is 6.04 Å². The fraction of sp³-hybridized carbons (Fsp3) is 0.357. The molecule has 3 heteroatoms. The van der Waals surface area contributed by atoms with Gasteiger partial charge < -0.3 is 10.3 Å². The van der Waals surface area contributed by atoms with Crippen LogP contribution in [0.3, 0.4) is 0 Å². The molecule has 0 amide bonds. The van der Waals surface area contributed by atoms with Gasteiger partial charge in [-0.1, -0.05) is 12.1 Å². The van der Waals surface area contributed by atoms with Crippen molar-refractivity contribution in [2.45, 2.75) is 32.2 Å². The summed E-state index contributed by atoms with van der Waals surface area (Å²) in [5.74, 6) is 1.11. The Kier molecular flexibility index (Phi) is 2.39. The SMILES string of the molecule is Cc1ncc2n1[C@H](c1ccc(N)cc1)CCC2. The van der Waals surface area contributed by atoms with Gasteiger partial charge in [-0.05, 0) is 43.9 Å². The van der Waals surface area contributed by atoms with Gasteiger partial charge in [-0.3, -0.25) is 0 Å². The maximum Gasteiger partial charge on any atom is 0.106 e. The molecule has 0 unspecified atom stereocenters. The van der Waals surface area contributed by atoms with E-state index in [0.717, 1.165) is 17.9 Å². The summed E-state index contributed by atoms with van der Waals surface area (Å²) in [6.07, 6.45) is 5.58. The summed E-state index contributed by atoms with van der Waals surface area (Å²) in [4.78, 5) is 4.43. The van der Waals surface area contributed by atoms with Crippen LogP contribution in [-0.2, 0) is 6.42 Å². The predicted molar refractivity (Wildman–Crippen MR) is 68.9 cm³/mol. The van der Waals surface area contributed by atoms with E-state index in [2.05, 4.69) is 28.6 Å². The summed E-state index contributed by atoms with van der Waals surface area (Å²) < 4.78 is 2.37. The van der Waals surface area contributed by atoms with E-state index >= 15 is 0 Å². The first kappa shape index (κ1) is 10.4. The lowest BCUT2D eigenvalue weighted by atomic mass is 9.96. The lowest BCUT2D eigenvalue weighted by Gasteiger charge is -2.27. The van der Waals surface area contributed by atoms with Crippen molar-refractivity contribution in [1.29, 1.82) is 0 Å². The molecule has 1 atom stereocenters. The Labute approximate surface area is 101 Å². The molecule has 0 bridgehead atoms. The number of hydrogen-bond donors (Lipinski definition) is 1. The van der Waals surface area contributed by atoms with E-state index in [4.69, 9.17) is 5.73 Å². The van der Waals surface area contributed by atoms with Crippen molar-refractivity contribution in [3.8, 4) is 0 Å². The van der Waals surface area contributed by atoms with E-state index in [1.807, 2.05) is 18.3 Å². The molecule has 1 aromatic heterocycles. The summed E-state index contributed by atoms with van der Waals surface area (Å²) in [5, 5.41) is 0. The number of benzene rings is 1. The minimum atomic E-state index is 0.432. The highest BCUT2D eigenvalue weighted by molar-refractivity contribution is 5.40. The molecule has 2 aromatic rings. The fourth-order valence-electron chi connectivity index (χ4n) is 2.75. The second kappa shape index (κ2) is 3.91. The Morgan fingerprint density at radius 2 is 2.06 bits per heavy atom. The molecule has 0 fully saturated rings. The zero-order chi connectivity index (χ0) is 11.8. The molecule has 2 N–H and O–H groups in total. The van der Waals surface area contributed by atoms with Gasteiger partial charge >= 0.3 is 0 Å². The van der Waals surface area contributed by atoms with E-state index < -0.39 is 0 Å².